The summed E-state index contributed by atoms with van der Waals surface area (Å²) < 4.78 is 7.28. The molecule has 0 spiro atoms. The second-order valence-corrected chi connectivity index (χ2v) is 7.56. The van der Waals surface area contributed by atoms with Gasteiger partial charge in [-0.2, -0.15) is 4.98 Å². The number of thiophene rings is 1. The van der Waals surface area contributed by atoms with Crippen LogP contribution in [0, 0.1) is 0 Å². The average Bonchev–Trinajstić information content (AvgIpc) is 3.29. The van der Waals surface area contributed by atoms with Crippen LogP contribution >= 0.6 is 11.3 Å². The minimum Gasteiger partial charge on any atom is -0.459 e. The first-order chi connectivity index (χ1) is 13.0. The Balaban J connectivity index is 1.84. The van der Waals surface area contributed by atoms with E-state index in [4.69, 9.17) is 9.84 Å². The summed E-state index contributed by atoms with van der Waals surface area (Å²) in [5.41, 5.74) is 2.23. The number of aromatic nitrogens is 3. The molecule has 7 heteroatoms. The van der Waals surface area contributed by atoms with E-state index in [2.05, 4.69) is 10.3 Å². The third-order valence-corrected chi connectivity index (χ3v) is 5.14. The van der Waals surface area contributed by atoms with Crippen LogP contribution in [0.15, 0.2) is 59.1 Å². The molecule has 0 saturated heterocycles. The molecule has 3 aromatic rings. The quantitative estimate of drug-likeness (QED) is 0.686. The van der Waals surface area contributed by atoms with E-state index in [1.165, 1.54) is 0 Å². The normalized spacial score (nSPS) is 16.2. The summed E-state index contributed by atoms with van der Waals surface area (Å²) in [6.45, 7) is 5.56. The van der Waals surface area contributed by atoms with Gasteiger partial charge in [0.25, 0.3) is 0 Å². The second-order valence-electron chi connectivity index (χ2n) is 6.61. The molecule has 0 radical (unpaired) electrons. The molecule has 0 unspecified atom stereocenters. The highest BCUT2D eigenvalue weighted by Crippen LogP contribution is 2.37. The van der Waals surface area contributed by atoms with Gasteiger partial charge in [-0.05, 0) is 37.8 Å². The minimum absolute atomic E-state index is 0.201. The van der Waals surface area contributed by atoms with Crippen molar-refractivity contribution in [1.82, 2.24) is 14.8 Å². The molecule has 2 aromatic heterocycles. The topological polar surface area (TPSA) is 69.0 Å². The van der Waals surface area contributed by atoms with Crippen LogP contribution in [0.5, 0.6) is 0 Å². The van der Waals surface area contributed by atoms with E-state index < -0.39 is 6.04 Å². The van der Waals surface area contributed by atoms with Crippen LogP contribution in [0.1, 0.15) is 32.4 Å². The summed E-state index contributed by atoms with van der Waals surface area (Å²) in [4.78, 5) is 18.5. The Labute approximate surface area is 161 Å². The second kappa shape index (κ2) is 7.00. The van der Waals surface area contributed by atoms with Crippen molar-refractivity contribution in [3.05, 3.63) is 64.7 Å². The summed E-state index contributed by atoms with van der Waals surface area (Å²) in [6.07, 6.45) is -0.201. The number of nitrogens with zero attached hydrogens (tertiary/aromatic N) is 3. The molecule has 0 fully saturated rings. The molecule has 1 N–H and O–H groups in total. The number of carbonyl (C=O) groups excluding carboxylic acids is 1. The highest BCUT2D eigenvalue weighted by Gasteiger charge is 2.35. The molecule has 1 atom stereocenters. The monoisotopic (exact) mass is 380 g/mol. The lowest BCUT2D eigenvalue weighted by Crippen LogP contribution is -2.30. The van der Waals surface area contributed by atoms with Crippen LogP contribution in [-0.2, 0) is 9.53 Å². The number of anilines is 1. The van der Waals surface area contributed by atoms with Crippen LogP contribution in [-0.4, -0.2) is 26.8 Å². The van der Waals surface area contributed by atoms with Crippen molar-refractivity contribution in [2.75, 3.05) is 5.32 Å². The molecular formula is C20H20N4O2S. The van der Waals surface area contributed by atoms with Crippen LogP contribution < -0.4 is 5.32 Å². The summed E-state index contributed by atoms with van der Waals surface area (Å²) in [6, 6.07) is 13.4. The van der Waals surface area contributed by atoms with Gasteiger partial charge < -0.3 is 10.1 Å². The molecule has 0 saturated carbocycles. The highest BCUT2D eigenvalue weighted by molar-refractivity contribution is 7.13. The summed E-state index contributed by atoms with van der Waals surface area (Å²) in [5.74, 6) is 0.910. The molecule has 6 nitrogen and oxygen atoms in total. The van der Waals surface area contributed by atoms with E-state index >= 15 is 0 Å². The van der Waals surface area contributed by atoms with Gasteiger partial charge in [0.15, 0.2) is 5.82 Å². The third-order valence-electron chi connectivity index (χ3n) is 4.27. The number of hydrogen-bond acceptors (Lipinski definition) is 6. The Morgan fingerprint density at radius 2 is 2.00 bits per heavy atom. The predicted octanol–water partition coefficient (Wildman–Crippen LogP) is 4.25. The molecule has 3 heterocycles. The van der Waals surface area contributed by atoms with Crippen molar-refractivity contribution in [3.63, 3.8) is 0 Å². The average molecular weight is 380 g/mol. The molecule has 138 valence electrons. The summed E-state index contributed by atoms with van der Waals surface area (Å²) in [5, 5.41) is 9.92. The molecule has 0 amide bonds. The maximum absolute atomic E-state index is 12.9. The first-order valence-corrected chi connectivity index (χ1v) is 9.66. The summed E-state index contributed by atoms with van der Waals surface area (Å²) in [7, 11) is 0. The fourth-order valence-electron chi connectivity index (χ4n) is 3.15. The SMILES string of the molecule is CC1=C(C(=O)OC(C)C)[C@H](c2ccccc2)n2nc(-c3cccs3)nc2N1. The van der Waals surface area contributed by atoms with E-state index in [1.54, 1.807) is 16.0 Å². The van der Waals surface area contributed by atoms with Gasteiger partial charge >= 0.3 is 5.97 Å². The van der Waals surface area contributed by atoms with Gasteiger partial charge in [-0.3, -0.25) is 0 Å². The fraction of sp³-hybridized carbons (Fsp3) is 0.250. The first kappa shape index (κ1) is 17.5. The van der Waals surface area contributed by atoms with Crippen molar-refractivity contribution < 1.29 is 9.53 Å². The number of carbonyl (C=O) groups is 1. The summed E-state index contributed by atoms with van der Waals surface area (Å²) >= 11 is 1.58. The van der Waals surface area contributed by atoms with Crippen molar-refractivity contribution in [1.29, 1.82) is 0 Å². The minimum atomic E-state index is -0.394. The van der Waals surface area contributed by atoms with Gasteiger partial charge in [-0.1, -0.05) is 36.4 Å². The molecule has 0 aliphatic carbocycles. The molecule has 27 heavy (non-hydrogen) atoms. The van der Waals surface area contributed by atoms with E-state index in [0.29, 0.717) is 17.3 Å². The predicted molar refractivity (Wildman–Crippen MR) is 105 cm³/mol. The number of fused-ring (bicyclic) bond motifs is 1. The fourth-order valence-corrected chi connectivity index (χ4v) is 3.80. The maximum atomic E-state index is 12.9. The molecule has 4 rings (SSSR count). The zero-order valence-electron chi connectivity index (χ0n) is 15.3. The Hall–Kier alpha value is -2.93. The smallest absolute Gasteiger partial charge is 0.338 e. The lowest BCUT2D eigenvalue weighted by molar-refractivity contribution is -0.143. The Morgan fingerprint density at radius 1 is 1.22 bits per heavy atom. The maximum Gasteiger partial charge on any atom is 0.338 e. The molecular weight excluding hydrogens is 360 g/mol. The zero-order chi connectivity index (χ0) is 19.0. The van der Waals surface area contributed by atoms with Gasteiger partial charge in [-0.25, -0.2) is 9.48 Å². The van der Waals surface area contributed by atoms with E-state index in [9.17, 15) is 4.79 Å². The van der Waals surface area contributed by atoms with E-state index in [1.807, 2.05) is 68.6 Å². The Kier molecular flexibility index (Phi) is 4.53. The van der Waals surface area contributed by atoms with Crippen molar-refractivity contribution >= 4 is 23.3 Å². The number of nitrogens with one attached hydrogen (secondary N) is 1. The number of ether oxygens (including phenoxy) is 1. The number of allylic oxidation sites excluding steroid dienone is 1. The molecule has 1 aromatic carbocycles. The molecule has 1 aliphatic heterocycles. The van der Waals surface area contributed by atoms with Gasteiger partial charge in [-0.15, -0.1) is 16.4 Å². The zero-order valence-corrected chi connectivity index (χ0v) is 16.2. The van der Waals surface area contributed by atoms with Crippen LogP contribution in [0.4, 0.5) is 5.95 Å². The standard InChI is InChI=1S/C20H20N4O2S/c1-12(2)26-19(25)16-13(3)21-20-22-18(15-10-7-11-27-15)23-24(20)17(16)14-8-5-4-6-9-14/h4-12,17H,1-3H3,(H,21,22,23)/t17-/m0/s1. The van der Waals surface area contributed by atoms with E-state index in [-0.39, 0.29) is 12.1 Å². The van der Waals surface area contributed by atoms with Gasteiger partial charge in [0, 0.05) is 5.70 Å². The van der Waals surface area contributed by atoms with Crippen LogP contribution in [0.25, 0.3) is 10.7 Å². The highest BCUT2D eigenvalue weighted by atomic mass is 32.1. The van der Waals surface area contributed by atoms with Gasteiger partial charge in [0.05, 0.1) is 16.6 Å². The number of benzene rings is 1. The van der Waals surface area contributed by atoms with Gasteiger partial charge in [0.2, 0.25) is 5.95 Å². The van der Waals surface area contributed by atoms with Crippen LogP contribution in [0.3, 0.4) is 0 Å². The number of hydrogen-bond donors (Lipinski definition) is 1. The van der Waals surface area contributed by atoms with Crippen molar-refractivity contribution in [3.8, 4) is 10.7 Å². The molecule has 1 aliphatic rings. The largest absolute Gasteiger partial charge is 0.459 e. The Bertz CT molecular complexity index is 990. The Morgan fingerprint density at radius 3 is 2.67 bits per heavy atom. The van der Waals surface area contributed by atoms with Crippen molar-refractivity contribution in [2.45, 2.75) is 32.9 Å². The van der Waals surface area contributed by atoms with Gasteiger partial charge in [0.1, 0.15) is 6.04 Å². The lowest BCUT2D eigenvalue weighted by Gasteiger charge is -2.28. The molecule has 0 bridgehead atoms. The first-order valence-electron chi connectivity index (χ1n) is 8.78. The van der Waals surface area contributed by atoms with E-state index in [0.717, 1.165) is 16.1 Å². The lowest BCUT2D eigenvalue weighted by atomic mass is 9.96. The third kappa shape index (κ3) is 3.26. The van der Waals surface area contributed by atoms with Crippen LogP contribution in [0.2, 0.25) is 0 Å². The number of esters is 1. The number of rotatable bonds is 4. The van der Waals surface area contributed by atoms with Crippen molar-refractivity contribution in [2.24, 2.45) is 0 Å².